The number of ether oxygens (including phenoxy) is 1. The minimum absolute atomic E-state index is 0.0562. The van der Waals surface area contributed by atoms with E-state index >= 15 is 0 Å². The fourth-order valence-corrected chi connectivity index (χ4v) is 2.53. The van der Waals surface area contributed by atoms with Gasteiger partial charge in [0.2, 0.25) is 5.91 Å². The summed E-state index contributed by atoms with van der Waals surface area (Å²) >= 11 is 0. The van der Waals surface area contributed by atoms with E-state index in [1.165, 1.54) is 19.3 Å². The van der Waals surface area contributed by atoms with E-state index in [-0.39, 0.29) is 11.9 Å². The monoisotopic (exact) mass is 285 g/mol. The largest absolute Gasteiger partial charge is 0.385 e. The van der Waals surface area contributed by atoms with Crippen molar-refractivity contribution in [2.24, 2.45) is 5.92 Å². The zero-order valence-electron chi connectivity index (χ0n) is 13.3. The Labute approximate surface area is 123 Å². The molecule has 0 aromatic heterocycles. The number of piperidine rings is 1. The van der Waals surface area contributed by atoms with Crippen LogP contribution in [0.2, 0.25) is 0 Å². The van der Waals surface area contributed by atoms with Gasteiger partial charge in [-0.1, -0.05) is 0 Å². The van der Waals surface area contributed by atoms with Gasteiger partial charge in [0, 0.05) is 20.3 Å². The van der Waals surface area contributed by atoms with Crippen molar-refractivity contribution in [3.8, 4) is 0 Å². The molecule has 0 radical (unpaired) electrons. The molecule has 0 spiro atoms. The predicted molar refractivity (Wildman–Crippen MR) is 81.8 cm³/mol. The smallest absolute Gasteiger partial charge is 0.237 e. The normalized spacial score (nSPS) is 18.2. The van der Waals surface area contributed by atoms with Crippen molar-refractivity contribution in [2.45, 2.75) is 38.6 Å². The van der Waals surface area contributed by atoms with Gasteiger partial charge < -0.3 is 15.4 Å². The van der Waals surface area contributed by atoms with Crippen molar-refractivity contribution in [3.63, 3.8) is 0 Å². The average molecular weight is 285 g/mol. The Morgan fingerprint density at radius 1 is 1.45 bits per heavy atom. The van der Waals surface area contributed by atoms with Gasteiger partial charge in [-0.15, -0.1) is 0 Å². The van der Waals surface area contributed by atoms with Gasteiger partial charge in [0.1, 0.15) is 0 Å². The van der Waals surface area contributed by atoms with E-state index in [1.807, 2.05) is 14.0 Å². The summed E-state index contributed by atoms with van der Waals surface area (Å²) in [6.45, 7) is 6.65. The molecule has 20 heavy (non-hydrogen) atoms. The highest BCUT2D eigenvalue weighted by molar-refractivity contribution is 5.81. The SMILES string of the molecule is COCCCNC(=O)C(C)N(C)CCC1CCNCC1. The van der Waals surface area contributed by atoms with Crippen molar-refractivity contribution in [1.82, 2.24) is 15.5 Å². The van der Waals surface area contributed by atoms with E-state index in [9.17, 15) is 4.79 Å². The molecule has 0 aromatic rings. The molecule has 0 aromatic carbocycles. The fraction of sp³-hybridized carbons (Fsp3) is 0.933. The Morgan fingerprint density at radius 3 is 2.80 bits per heavy atom. The molecule has 0 saturated carbocycles. The summed E-state index contributed by atoms with van der Waals surface area (Å²) in [5.74, 6) is 0.935. The maximum Gasteiger partial charge on any atom is 0.237 e. The van der Waals surface area contributed by atoms with Crippen LogP contribution in [0, 0.1) is 5.92 Å². The first-order valence-electron chi connectivity index (χ1n) is 7.82. The molecule has 1 unspecified atom stereocenters. The second kappa shape index (κ2) is 10.1. The molecule has 1 aliphatic rings. The van der Waals surface area contributed by atoms with Crippen LogP contribution in [0.15, 0.2) is 0 Å². The van der Waals surface area contributed by atoms with Gasteiger partial charge in [0.15, 0.2) is 0 Å². The zero-order valence-corrected chi connectivity index (χ0v) is 13.3. The van der Waals surface area contributed by atoms with Crippen LogP contribution in [0.5, 0.6) is 0 Å². The van der Waals surface area contributed by atoms with Crippen LogP contribution < -0.4 is 10.6 Å². The number of hydrogen-bond acceptors (Lipinski definition) is 4. The molecule has 5 heteroatoms. The number of nitrogens with zero attached hydrogens (tertiary/aromatic N) is 1. The van der Waals surface area contributed by atoms with Gasteiger partial charge in [-0.25, -0.2) is 0 Å². The van der Waals surface area contributed by atoms with Gasteiger partial charge in [-0.2, -0.15) is 0 Å². The van der Waals surface area contributed by atoms with Crippen LogP contribution in [0.4, 0.5) is 0 Å². The van der Waals surface area contributed by atoms with Crippen molar-refractivity contribution < 1.29 is 9.53 Å². The maximum absolute atomic E-state index is 12.0. The summed E-state index contributed by atoms with van der Waals surface area (Å²) in [6.07, 6.45) is 4.60. The van der Waals surface area contributed by atoms with Crippen molar-refractivity contribution >= 4 is 5.91 Å². The average Bonchev–Trinajstić information content (AvgIpc) is 2.49. The summed E-state index contributed by atoms with van der Waals surface area (Å²) in [5, 5.41) is 6.35. The Balaban J connectivity index is 2.16. The molecular weight excluding hydrogens is 254 g/mol. The van der Waals surface area contributed by atoms with Crippen LogP contribution in [-0.4, -0.2) is 63.8 Å². The Morgan fingerprint density at radius 2 is 2.15 bits per heavy atom. The number of carbonyl (C=O) groups excluding carboxylic acids is 1. The van der Waals surface area contributed by atoms with E-state index in [1.54, 1.807) is 7.11 Å². The number of methoxy groups -OCH3 is 1. The summed E-state index contributed by atoms with van der Waals surface area (Å²) in [5.41, 5.74) is 0. The molecule has 1 saturated heterocycles. The van der Waals surface area contributed by atoms with Crippen molar-refractivity contribution in [3.05, 3.63) is 0 Å². The number of amides is 1. The van der Waals surface area contributed by atoms with E-state index in [2.05, 4.69) is 15.5 Å². The molecule has 0 bridgehead atoms. The minimum atomic E-state index is -0.0562. The molecule has 1 rings (SSSR count). The molecule has 1 amide bonds. The first kappa shape index (κ1) is 17.4. The molecular formula is C15H31N3O2. The van der Waals surface area contributed by atoms with Gasteiger partial charge >= 0.3 is 0 Å². The third kappa shape index (κ3) is 6.68. The summed E-state index contributed by atoms with van der Waals surface area (Å²) in [6, 6.07) is -0.0562. The van der Waals surface area contributed by atoms with Crippen LogP contribution in [0.1, 0.15) is 32.6 Å². The van der Waals surface area contributed by atoms with Crippen LogP contribution in [-0.2, 0) is 9.53 Å². The summed E-state index contributed by atoms with van der Waals surface area (Å²) in [7, 11) is 3.72. The van der Waals surface area contributed by atoms with Gasteiger partial charge in [0.05, 0.1) is 6.04 Å². The Kier molecular flexibility index (Phi) is 8.82. The molecule has 1 fully saturated rings. The van der Waals surface area contributed by atoms with Crippen molar-refractivity contribution in [1.29, 1.82) is 0 Å². The minimum Gasteiger partial charge on any atom is -0.385 e. The Hall–Kier alpha value is -0.650. The number of carbonyl (C=O) groups is 1. The number of likely N-dealkylation sites (N-methyl/N-ethyl adjacent to an activating group) is 1. The molecule has 5 nitrogen and oxygen atoms in total. The standard InChI is InChI=1S/C15H31N3O2/c1-13(15(19)17-8-4-12-20-3)18(2)11-7-14-5-9-16-10-6-14/h13-14,16H,4-12H2,1-3H3,(H,17,19). The number of nitrogens with one attached hydrogen (secondary N) is 2. The number of rotatable bonds is 9. The molecule has 0 aliphatic carbocycles. The fourth-order valence-electron chi connectivity index (χ4n) is 2.53. The quantitative estimate of drug-likeness (QED) is 0.617. The molecule has 2 N–H and O–H groups in total. The lowest BCUT2D eigenvalue weighted by Gasteiger charge is -2.28. The lowest BCUT2D eigenvalue weighted by Crippen LogP contribution is -2.44. The van der Waals surface area contributed by atoms with E-state index < -0.39 is 0 Å². The van der Waals surface area contributed by atoms with E-state index in [0.717, 1.165) is 32.0 Å². The maximum atomic E-state index is 12.0. The first-order valence-corrected chi connectivity index (χ1v) is 7.82. The van der Waals surface area contributed by atoms with E-state index in [4.69, 9.17) is 4.74 Å². The van der Waals surface area contributed by atoms with E-state index in [0.29, 0.717) is 13.2 Å². The summed E-state index contributed by atoms with van der Waals surface area (Å²) in [4.78, 5) is 14.2. The second-order valence-corrected chi connectivity index (χ2v) is 5.78. The highest BCUT2D eigenvalue weighted by Crippen LogP contribution is 2.16. The number of hydrogen-bond donors (Lipinski definition) is 2. The lowest BCUT2D eigenvalue weighted by atomic mass is 9.94. The third-order valence-electron chi connectivity index (χ3n) is 4.21. The highest BCUT2D eigenvalue weighted by Gasteiger charge is 2.19. The van der Waals surface area contributed by atoms with Gasteiger partial charge in [-0.3, -0.25) is 9.69 Å². The predicted octanol–water partition coefficient (Wildman–Crippen LogP) is 0.849. The summed E-state index contributed by atoms with van der Waals surface area (Å²) < 4.78 is 4.97. The highest BCUT2D eigenvalue weighted by atomic mass is 16.5. The third-order valence-corrected chi connectivity index (χ3v) is 4.21. The Bertz CT molecular complexity index is 268. The molecule has 1 atom stereocenters. The molecule has 1 heterocycles. The second-order valence-electron chi connectivity index (χ2n) is 5.78. The molecule has 1 aliphatic heterocycles. The first-order chi connectivity index (χ1) is 9.65. The van der Waals surface area contributed by atoms with Gasteiger partial charge in [0.25, 0.3) is 0 Å². The lowest BCUT2D eigenvalue weighted by molar-refractivity contribution is -0.125. The van der Waals surface area contributed by atoms with Crippen molar-refractivity contribution in [2.75, 3.05) is 46.9 Å². The van der Waals surface area contributed by atoms with Crippen LogP contribution in [0.3, 0.4) is 0 Å². The van der Waals surface area contributed by atoms with Gasteiger partial charge in [-0.05, 0) is 65.2 Å². The van der Waals surface area contributed by atoms with Crippen LogP contribution >= 0.6 is 0 Å². The van der Waals surface area contributed by atoms with Crippen LogP contribution in [0.25, 0.3) is 0 Å². The zero-order chi connectivity index (χ0) is 14.8. The molecule has 118 valence electrons. The topological polar surface area (TPSA) is 53.6 Å².